The fourth-order valence-electron chi connectivity index (χ4n) is 2.79. The lowest BCUT2D eigenvalue weighted by Crippen LogP contribution is -2.19. The van der Waals surface area contributed by atoms with Crippen molar-refractivity contribution in [2.45, 2.75) is 65.8 Å². The Morgan fingerprint density at radius 1 is 1.47 bits per heavy atom. The van der Waals surface area contributed by atoms with Crippen LogP contribution in [-0.4, -0.2) is 15.5 Å². The molecule has 19 heavy (non-hydrogen) atoms. The Labute approximate surface area is 130 Å². The highest BCUT2D eigenvalue weighted by Crippen LogP contribution is 2.47. The van der Waals surface area contributed by atoms with E-state index in [0.29, 0.717) is 18.1 Å². The molecular formula is C16H24INO. The fourth-order valence-corrected chi connectivity index (χ4v) is 4.27. The minimum Gasteiger partial charge on any atom is -0.299 e. The van der Waals surface area contributed by atoms with E-state index in [2.05, 4.69) is 50.3 Å². The van der Waals surface area contributed by atoms with E-state index in [-0.39, 0.29) is 11.5 Å². The van der Waals surface area contributed by atoms with E-state index in [1.807, 2.05) is 0 Å². The molecule has 0 aromatic heterocycles. The van der Waals surface area contributed by atoms with E-state index in [9.17, 15) is 4.79 Å². The van der Waals surface area contributed by atoms with Gasteiger partial charge in [-0.2, -0.15) is 0 Å². The molecule has 1 aliphatic carbocycles. The minimum absolute atomic E-state index is 0.00336. The molecule has 0 radical (unpaired) electrons. The number of rotatable bonds is 4. The molecule has 2 rings (SSSR count). The van der Waals surface area contributed by atoms with Gasteiger partial charge in [0.1, 0.15) is 5.78 Å². The third-order valence-corrected chi connectivity index (χ3v) is 5.36. The van der Waals surface area contributed by atoms with Crippen molar-refractivity contribution < 1.29 is 4.79 Å². The quantitative estimate of drug-likeness (QED) is 0.656. The average Bonchev–Trinajstić information content (AvgIpc) is 3.05. The van der Waals surface area contributed by atoms with Gasteiger partial charge in [0.05, 0.1) is 9.76 Å². The number of hydrogen-bond donors (Lipinski definition) is 0. The number of allylic oxidation sites excluding steroid dienone is 2. The lowest BCUT2D eigenvalue weighted by Gasteiger charge is -2.13. The summed E-state index contributed by atoms with van der Waals surface area (Å²) in [5.74, 6) is 0.946. The molecule has 0 saturated heterocycles. The van der Waals surface area contributed by atoms with E-state index >= 15 is 0 Å². The zero-order valence-corrected chi connectivity index (χ0v) is 14.6. The molecular weight excluding hydrogens is 349 g/mol. The molecule has 0 spiro atoms. The van der Waals surface area contributed by atoms with Crippen molar-refractivity contribution in [2.75, 3.05) is 0 Å². The SMILES string of the molecule is CC1=C(C(C)C)C(I)=NC(CC(=O)C2(C)CC2)CC1. The van der Waals surface area contributed by atoms with Crippen LogP contribution in [0.3, 0.4) is 0 Å². The number of hydrogen-bond acceptors (Lipinski definition) is 2. The molecule has 2 aliphatic rings. The van der Waals surface area contributed by atoms with Gasteiger partial charge in [-0.25, -0.2) is 0 Å². The maximum Gasteiger partial charge on any atom is 0.140 e. The zero-order chi connectivity index (χ0) is 14.2. The fraction of sp³-hybridized carbons (Fsp3) is 0.750. The van der Waals surface area contributed by atoms with Gasteiger partial charge in [-0.05, 0) is 66.7 Å². The molecule has 1 unspecified atom stereocenters. The number of aliphatic imine (C=N–C) groups is 1. The standard InChI is InChI=1S/C16H24INO/c1-10(2)14-11(3)5-6-12(18-15(14)17)9-13(19)16(4)7-8-16/h10,12H,5-9H2,1-4H3. The first-order chi connectivity index (χ1) is 8.83. The Kier molecular flexibility index (Phi) is 4.53. The number of nitrogens with zero attached hydrogens (tertiary/aromatic N) is 1. The molecule has 3 heteroatoms. The molecule has 0 bridgehead atoms. The van der Waals surface area contributed by atoms with Crippen molar-refractivity contribution in [3.8, 4) is 0 Å². The predicted octanol–water partition coefficient (Wildman–Crippen LogP) is 4.71. The number of carbonyl (C=O) groups is 1. The predicted molar refractivity (Wildman–Crippen MR) is 89.0 cm³/mol. The first-order valence-corrected chi connectivity index (χ1v) is 8.38. The third kappa shape index (κ3) is 3.47. The Morgan fingerprint density at radius 2 is 2.11 bits per heavy atom. The summed E-state index contributed by atoms with van der Waals surface area (Å²) in [4.78, 5) is 17.1. The Hall–Kier alpha value is -0.190. The summed E-state index contributed by atoms with van der Waals surface area (Å²) in [5, 5.41) is 0. The van der Waals surface area contributed by atoms with E-state index in [4.69, 9.17) is 4.99 Å². The molecule has 1 atom stereocenters. The topological polar surface area (TPSA) is 29.4 Å². The van der Waals surface area contributed by atoms with Crippen molar-refractivity contribution in [3.63, 3.8) is 0 Å². The zero-order valence-electron chi connectivity index (χ0n) is 12.4. The monoisotopic (exact) mass is 373 g/mol. The van der Waals surface area contributed by atoms with Gasteiger partial charge in [-0.15, -0.1) is 0 Å². The first kappa shape index (κ1) is 15.2. The van der Waals surface area contributed by atoms with Crippen LogP contribution in [0, 0.1) is 11.3 Å². The van der Waals surface area contributed by atoms with Crippen molar-refractivity contribution in [2.24, 2.45) is 16.3 Å². The van der Waals surface area contributed by atoms with E-state index in [0.717, 1.165) is 29.4 Å². The van der Waals surface area contributed by atoms with Crippen LogP contribution in [0.1, 0.15) is 59.8 Å². The Balaban J connectivity index is 2.09. The maximum absolute atomic E-state index is 12.2. The van der Waals surface area contributed by atoms with Crippen LogP contribution in [0.5, 0.6) is 0 Å². The minimum atomic E-state index is -0.00336. The van der Waals surface area contributed by atoms with Crippen LogP contribution in [0.15, 0.2) is 16.1 Å². The van der Waals surface area contributed by atoms with Crippen molar-refractivity contribution in [1.82, 2.24) is 0 Å². The Bertz CT molecular complexity index is 444. The van der Waals surface area contributed by atoms with Gasteiger partial charge < -0.3 is 0 Å². The van der Waals surface area contributed by atoms with Crippen LogP contribution in [0.4, 0.5) is 0 Å². The van der Waals surface area contributed by atoms with Crippen molar-refractivity contribution in [3.05, 3.63) is 11.1 Å². The van der Waals surface area contributed by atoms with Crippen LogP contribution < -0.4 is 0 Å². The summed E-state index contributed by atoms with van der Waals surface area (Å²) in [7, 11) is 0. The summed E-state index contributed by atoms with van der Waals surface area (Å²) >= 11 is 2.35. The molecule has 1 fully saturated rings. The molecule has 0 aromatic rings. The molecule has 1 aliphatic heterocycles. The average molecular weight is 373 g/mol. The normalized spacial score (nSPS) is 26.2. The highest BCUT2D eigenvalue weighted by Gasteiger charge is 2.44. The van der Waals surface area contributed by atoms with Crippen LogP contribution in [0.25, 0.3) is 0 Å². The highest BCUT2D eigenvalue weighted by atomic mass is 127. The molecule has 106 valence electrons. The summed E-state index contributed by atoms with van der Waals surface area (Å²) in [5.41, 5.74) is 2.85. The van der Waals surface area contributed by atoms with Gasteiger partial charge in [0.2, 0.25) is 0 Å². The van der Waals surface area contributed by atoms with Crippen LogP contribution in [0.2, 0.25) is 0 Å². The van der Waals surface area contributed by atoms with Gasteiger partial charge in [0.15, 0.2) is 0 Å². The highest BCUT2D eigenvalue weighted by molar-refractivity contribution is 14.1. The molecule has 0 amide bonds. The molecule has 1 heterocycles. The second-order valence-corrected chi connectivity index (χ2v) is 7.67. The first-order valence-electron chi connectivity index (χ1n) is 7.30. The number of ketones is 1. The number of Topliss-reactive ketones (excluding diaryl/α,β-unsaturated/α-hetero) is 1. The number of halogens is 1. The van der Waals surface area contributed by atoms with E-state index in [1.54, 1.807) is 0 Å². The molecule has 1 saturated carbocycles. The largest absolute Gasteiger partial charge is 0.299 e. The van der Waals surface area contributed by atoms with Gasteiger partial charge in [0.25, 0.3) is 0 Å². The van der Waals surface area contributed by atoms with Crippen molar-refractivity contribution >= 4 is 32.1 Å². The maximum atomic E-state index is 12.2. The van der Waals surface area contributed by atoms with Gasteiger partial charge >= 0.3 is 0 Å². The summed E-state index contributed by atoms with van der Waals surface area (Å²) in [6.07, 6.45) is 4.90. The Morgan fingerprint density at radius 3 is 2.63 bits per heavy atom. The second kappa shape index (κ2) is 5.66. The van der Waals surface area contributed by atoms with Gasteiger partial charge in [-0.3, -0.25) is 9.79 Å². The van der Waals surface area contributed by atoms with E-state index in [1.165, 1.54) is 11.1 Å². The van der Waals surface area contributed by atoms with Crippen LogP contribution in [-0.2, 0) is 4.79 Å². The molecule has 0 N–H and O–H groups in total. The van der Waals surface area contributed by atoms with Gasteiger partial charge in [-0.1, -0.05) is 26.3 Å². The van der Waals surface area contributed by atoms with Crippen LogP contribution >= 0.6 is 22.6 Å². The summed E-state index contributed by atoms with van der Waals surface area (Å²) < 4.78 is 1.13. The second-order valence-electron chi connectivity index (χ2n) is 6.65. The molecule has 2 nitrogen and oxygen atoms in total. The smallest absolute Gasteiger partial charge is 0.140 e. The summed E-state index contributed by atoms with van der Waals surface area (Å²) in [6.45, 7) is 8.77. The van der Waals surface area contributed by atoms with Gasteiger partial charge in [0, 0.05) is 11.8 Å². The lowest BCUT2D eigenvalue weighted by molar-refractivity contribution is -0.123. The number of carbonyl (C=O) groups excluding carboxylic acids is 1. The lowest BCUT2D eigenvalue weighted by atomic mass is 9.93. The van der Waals surface area contributed by atoms with Crippen molar-refractivity contribution in [1.29, 1.82) is 0 Å². The summed E-state index contributed by atoms with van der Waals surface area (Å²) in [6, 6.07) is 0.197. The van der Waals surface area contributed by atoms with E-state index < -0.39 is 0 Å². The third-order valence-electron chi connectivity index (χ3n) is 4.50. The molecule has 0 aromatic carbocycles.